The predicted octanol–water partition coefficient (Wildman–Crippen LogP) is 1.64. The Morgan fingerprint density at radius 3 is 2.79 bits per heavy atom. The number of aliphatic hydroxyl groups excluding tert-OH is 1. The quantitative estimate of drug-likeness (QED) is 0.750. The predicted molar refractivity (Wildman–Crippen MR) is 55.0 cm³/mol. The molecule has 0 aliphatic carbocycles. The summed E-state index contributed by atoms with van der Waals surface area (Å²) in [5.41, 5.74) is 0.913. The molecule has 1 saturated heterocycles. The maximum atomic E-state index is 12.8. The molecule has 0 bridgehead atoms. The molecular formula is C10H13ClFNO. The summed E-state index contributed by atoms with van der Waals surface area (Å²) in [5.74, 6) is -0.222. The third-order valence-corrected chi connectivity index (χ3v) is 2.36. The minimum Gasteiger partial charge on any atom is -0.392 e. The van der Waals surface area contributed by atoms with Crippen LogP contribution in [-0.2, 0) is 0 Å². The third-order valence-electron chi connectivity index (χ3n) is 2.36. The van der Waals surface area contributed by atoms with Crippen molar-refractivity contribution in [3.63, 3.8) is 0 Å². The van der Waals surface area contributed by atoms with Crippen molar-refractivity contribution in [2.24, 2.45) is 0 Å². The van der Waals surface area contributed by atoms with E-state index in [1.807, 2.05) is 6.07 Å². The summed E-state index contributed by atoms with van der Waals surface area (Å²) in [5, 5.41) is 12.4. The summed E-state index contributed by atoms with van der Waals surface area (Å²) in [7, 11) is 0. The van der Waals surface area contributed by atoms with E-state index in [0.717, 1.165) is 5.56 Å². The summed E-state index contributed by atoms with van der Waals surface area (Å²) < 4.78 is 12.8. The molecule has 1 aliphatic rings. The zero-order valence-corrected chi connectivity index (χ0v) is 8.43. The van der Waals surface area contributed by atoms with Gasteiger partial charge in [0.15, 0.2) is 0 Å². The number of hydrogen-bond donors (Lipinski definition) is 2. The zero-order valence-electron chi connectivity index (χ0n) is 7.61. The van der Waals surface area contributed by atoms with Gasteiger partial charge in [-0.15, -0.1) is 12.4 Å². The molecule has 1 aromatic carbocycles. The van der Waals surface area contributed by atoms with E-state index in [9.17, 15) is 9.50 Å². The lowest BCUT2D eigenvalue weighted by Gasteiger charge is -2.09. The van der Waals surface area contributed by atoms with E-state index in [1.165, 1.54) is 12.1 Å². The average molecular weight is 218 g/mol. The van der Waals surface area contributed by atoms with E-state index in [1.54, 1.807) is 6.07 Å². The van der Waals surface area contributed by atoms with Crippen molar-refractivity contribution in [2.45, 2.75) is 18.6 Å². The van der Waals surface area contributed by atoms with Gasteiger partial charge in [0, 0.05) is 12.6 Å². The first kappa shape index (κ1) is 11.4. The Bertz CT molecular complexity index is 308. The zero-order chi connectivity index (χ0) is 9.26. The van der Waals surface area contributed by atoms with Crippen LogP contribution >= 0.6 is 12.4 Å². The summed E-state index contributed by atoms with van der Waals surface area (Å²) in [6, 6.07) is 6.60. The van der Waals surface area contributed by atoms with Gasteiger partial charge in [-0.05, 0) is 24.1 Å². The first-order valence-corrected chi connectivity index (χ1v) is 4.42. The van der Waals surface area contributed by atoms with Gasteiger partial charge in [0.25, 0.3) is 0 Å². The van der Waals surface area contributed by atoms with Crippen molar-refractivity contribution < 1.29 is 9.50 Å². The highest BCUT2D eigenvalue weighted by Crippen LogP contribution is 2.23. The number of halogens is 2. The molecule has 0 amide bonds. The van der Waals surface area contributed by atoms with Crippen LogP contribution in [0.3, 0.4) is 0 Å². The second kappa shape index (κ2) is 4.73. The molecular weight excluding hydrogens is 205 g/mol. The first-order valence-electron chi connectivity index (χ1n) is 4.42. The van der Waals surface area contributed by atoms with Crippen LogP contribution in [0.5, 0.6) is 0 Å². The van der Waals surface area contributed by atoms with Crippen LogP contribution in [0, 0.1) is 5.82 Å². The number of benzene rings is 1. The molecule has 14 heavy (non-hydrogen) atoms. The van der Waals surface area contributed by atoms with E-state index in [4.69, 9.17) is 0 Å². The summed E-state index contributed by atoms with van der Waals surface area (Å²) in [6.07, 6.45) is 0.372. The van der Waals surface area contributed by atoms with Gasteiger partial charge < -0.3 is 10.4 Å². The molecule has 2 N–H and O–H groups in total. The SMILES string of the molecule is Cl.OC1CNC(c2cccc(F)c2)C1. The van der Waals surface area contributed by atoms with Gasteiger partial charge in [-0.3, -0.25) is 0 Å². The lowest BCUT2D eigenvalue weighted by molar-refractivity contribution is 0.193. The molecule has 78 valence electrons. The smallest absolute Gasteiger partial charge is 0.123 e. The number of aliphatic hydroxyl groups is 1. The topological polar surface area (TPSA) is 32.3 Å². The minimum absolute atomic E-state index is 0. The Hall–Kier alpha value is -0.640. The Labute approximate surface area is 88.5 Å². The number of β-amino-alcohol motifs (C(OH)–C–C–N with tert-alkyl or cyclic N) is 1. The van der Waals surface area contributed by atoms with Crippen molar-refractivity contribution >= 4 is 12.4 Å². The number of nitrogens with one attached hydrogen (secondary N) is 1. The third kappa shape index (κ3) is 2.44. The highest BCUT2D eigenvalue weighted by atomic mass is 35.5. The van der Waals surface area contributed by atoms with Crippen molar-refractivity contribution in [1.29, 1.82) is 0 Å². The van der Waals surface area contributed by atoms with Gasteiger partial charge in [-0.1, -0.05) is 12.1 Å². The van der Waals surface area contributed by atoms with Gasteiger partial charge in [0.2, 0.25) is 0 Å². The normalized spacial score (nSPS) is 25.9. The molecule has 0 saturated carbocycles. The second-order valence-corrected chi connectivity index (χ2v) is 3.41. The molecule has 1 aromatic rings. The van der Waals surface area contributed by atoms with Gasteiger partial charge in [-0.25, -0.2) is 4.39 Å². The van der Waals surface area contributed by atoms with E-state index >= 15 is 0 Å². The largest absolute Gasteiger partial charge is 0.392 e. The van der Waals surface area contributed by atoms with Crippen molar-refractivity contribution in [2.75, 3.05) is 6.54 Å². The second-order valence-electron chi connectivity index (χ2n) is 3.41. The molecule has 0 radical (unpaired) electrons. The minimum atomic E-state index is -0.298. The number of rotatable bonds is 1. The van der Waals surface area contributed by atoms with Gasteiger partial charge in [0.1, 0.15) is 5.82 Å². The van der Waals surface area contributed by atoms with E-state index in [-0.39, 0.29) is 30.4 Å². The molecule has 1 fully saturated rings. The molecule has 2 unspecified atom stereocenters. The molecule has 2 rings (SSSR count). The fourth-order valence-corrected chi connectivity index (χ4v) is 1.69. The Morgan fingerprint density at radius 2 is 2.21 bits per heavy atom. The first-order chi connectivity index (χ1) is 6.25. The monoisotopic (exact) mass is 217 g/mol. The van der Waals surface area contributed by atoms with Gasteiger partial charge >= 0.3 is 0 Å². The van der Waals surface area contributed by atoms with E-state index in [2.05, 4.69) is 5.32 Å². The Kier molecular flexibility index (Phi) is 3.86. The van der Waals surface area contributed by atoms with Crippen LogP contribution < -0.4 is 5.32 Å². The molecule has 2 atom stereocenters. The summed E-state index contributed by atoms with van der Waals surface area (Å²) in [4.78, 5) is 0. The van der Waals surface area contributed by atoms with E-state index in [0.29, 0.717) is 13.0 Å². The number of hydrogen-bond acceptors (Lipinski definition) is 2. The van der Waals surface area contributed by atoms with Crippen molar-refractivity contribution in [3.8, 4) is 0 Å². The summed E-state index contributed by atoms with van der Waals surface area (Å²) in [6.45, 7) is 0.598. The van der Waals surface area contributed by atoms with Crippen LogP contribution in [0.25, 0.3) is 0 Å². The lowest BCUT2D eigenvalue weighted by Crippen LogP contribution is -2.14. The fraction of sp³-hybridized carbons (Fsp3) is 0.400. The highest BCUT2D eigenvalue weighted by molar-refractivity contribution is 5.85. The van der Waals surface area contributed by atoms with Crippen LogP contribution in [0.1, 0.15) is 18.0 Å². The van der Waals surface area contributed by atoms with Crippen molar-refractivity contribution in [3.05, 3.63) is 35.6 Å². The Morgan fingerprint density at radius 1 is 1.43 bits per heavy atom. The average Bonchev–Trinajstić information content (AvgIpc) is 2.52. The standard InChI is InChI=1S/C10H12FNO.ClH/c11-8-3-1-2-7(4-8)10-5-9(13)6-12-10;/h1-4,9-10,12-13H,5-6H2;1H. The Balaban J connectivity index is 0.000000980. The molecule has 4 heteroatoms. The van der Waals surface area contributed by atoms with Gasteiger partial charge in [0.05, 0.1) is 6.10 Å². The maximum absolute atomic E-state index is 12.8. The summed E-state index contributed by atoms with van der Waals surface area (Å²) >= 11 is 0. The molecule has 1 heterocycles. The molecule has 2 nitrogen and oxygen atoms in total. The van der Waals surface area contributed by atoms with Crippen LogP contribution in [0.15, 0.2) is 24.3 Å². The van der Waals surface area contributed by atoms with E-state index < -0.39 is 0 Å². The molecule has 1 aliphatic heterocycles. The van der Waals surface area contributed by atoms with Crippen LogP contribution in [-0.4, -0.2) is 17.8 Å². The fourth-order valence-electron chi connectivity index (χ4n) is 1.69. The molecule has 0 aromatic heterocycles. The molecule has 0 spiro atoms. The highest BCUT2D eigenvalue weighted by Gasteiger charge is 2.23. The van der Waals surface area contributed by atoms with Gasteiger partial charge in [-0.2, -0.15) is 0 Å². The lowest BCUT2D eigenvalue weighted by atomic mass is 10.0. The van der Waals surface area contributed by atoms with Crippen LogP contribution in [0.4, 0.5) is 4.39 Å². The van der Waals surface area contributed by atoms with Crippen LogP contribution in [0.2, 0.25) is 0 Å². The maximum Gasteiger partial charge on any atom is 0.123 e. The van der Waals surface area contributed by atoms with Crippen molar-refractivity contribution in [1.82, 2.24) is 5.32 Å².